The molecule has 1 heterocycles. The molecule has 0 aliphatic carbocycles. The third kappa shape index (κ3) is 4.69. The Labute approximate surface area is 141 Å². The minimum absolute atomic E-state index is 0.0814. The minimum atomic E-state index is -0.493. The van der Waals surface area contributed by atoms with Crippen molar-refractivity contribution in [2.75, 3.05) is 26.2 Å². The average Bonchev–Trinajstić information content (AvgIpc) is 2.60. The van der Waals surface area contributed by atoms with Gasteiger partial charge in [0, 0.05) is 31.8 Å². The molecule has 0 spiro atoms. The Morgan fingerprint density at radius 2 is 2.29 bits per heavy atom. The van der Waals surface area contributed by atoms with Crippen LogP contribution in [-0.4, -0.2) is 54.4 Å². The van der Waals surface area contributed by atoms with Crippen LogP contribution in [0, 0.1) is 0 Å². The number of rotatable bonds is 6. The number of amides is 2. The molecule has 2 amide bonds. The van der Waals surface area contributed by atoms with E-state index in [0.717, 1.165) is 5.56 Å². The molecule has 0 aromatic heterocycles. The van der Waals surface area contributed by atoms with Crippen LogP contribution in [0.2, 0.25) is 0 Å². The molecule has 0 saturated carbocycles. The van der Waals surface area contributed by atoms with E-state index in [0.29, 0.717) is 38.0 Å². The van der Waals surface area contributed by atoms with Gasteiger partial charge in [0.25, 0.3) is 0 Å². The van der Waals surface area contributed by atoms with Gasteiger partial charge in [-0.15, -0.1) is 0 Å². The maximum atomic E-state index is 12.5. The molecular weight excluding hydrogens is 310 g/mol. The number of nitrogens with two attached hydrogens (primary N) is 1. The Morgan fingerprint density at radius 1 is 1.50 bits per heavy atom. The topological polar surface area (TPSA) is 105 Å². The van der Waals surface area contributed by atoms with E-state index in [4.69, 9.17) is 15.6 Å². The van der Waals surface area contributed by atoms with Gasteiger partial charge in [-0.2, -0.15) is 0 Å². The number of carbonyl (C=O) groups excluding carboxylic acids is 2. The molecule has 1 saturated heterocycles. The highest BCUT2D eigenvalue weighted by molar-refractivity contribution is 5.92. The number of benzene rings is 1. The third-order valence-electron chi connectivity index (χ3n) is 4.10. The Kier molecular flexibility index (Phi) is 6.57. The van der Waals surface area contributed by atoms with E-state index in [2.05, 4.69) is 5.32 Å². The summed E-state index contributed by atoms with van der Waals surface area (Å²) < 4.78 is 5.48. The highest BCUT2D eigenvalue weighted by atomic mass is 16.6. The second-order valence-corrected chi connectivity index (χ2v) is 5.96. The fourth-order valence-electron chi connectivity index (χ4n) is 2.80. The molecule has 2 unspecified atom stereocenters. The lowest BCUT2D eigenvalue weighted by atomic mass is 10.0. The number of hydrogen-bond acceptors (Lipinski definition) is 5. The SMILES string of the molecule is CC(CCCO)OC(=O)N1CCNCC1c1cccc(C(N)=O)c1. The van der Waals surface area contributed by atoms with Crippen molar-refractivity contribution in [3.05, 3.63) is 35.4 Å². The maximum absolute atomic E-state index is 12.5. The van der Waals surface area contributed by atoms with Gasteiger partial charge >= 0.3 is 6.09 Å². The smallest absolute Gasteiger partial charge is 0.410 e. The summed E-state index contributed by atoms with van der Waals surface area (Å²) in [5.41, 5.74) is 6.60. The predicted molar refractivity (Wildman–Crippen MR) is 89.5 cm³/mol. The summed E-state index contributed by atoms with van der Waals surface area (Å²) in [5, 5.41) is 12.1. The molecule has 0 radical (unpaired) electrons. The van der Waals surface area contributed by atoms with Gasteiger partial charge in [0.1, 0.15) is 6.10 Å². The van der Waals surface area contributed by atoms with E-state index in [9.17, 15) is 9.59 Å². The van der Waals surface area contributed by atoms with Crippen molar-refractivity contribution in [1.82, 2.24) is 10.2 Å². The van der Waals surface area contributed by atoms with Gasteiger partial charge < -0.3 is 20.9 Å². The molecule has 1 aromatic carbocycles. The first-order valence-electron chi connectivity index (χ1n) is 8.21. The zero-order chi connectivity index (χ0) is 17.5. The van der Waals surface area contributed by atoms with Crippen molar-refractivity contribution in [3.63, 3.8) is 0 Å². The van der Waals surface area contributed by atoms with E-state index < -0.39 is 5.91 Å². The summed E-state index contributed by atoms with van der Waals surface area (Å²) in [4.78, 5) is 25.5. The second-order valence-electron chi connectivity index (χ2n) is 5.96. The molecule has 24 heavy (non-hydrogen) atoms. The van der Waals surface area contributed by atoms with E-state index in [-0.39, 0.29) is 24.8 Å². The average molecular weight is 335 g/mol. The van der Waals surface area contributed by atoms with Crippen LogP contribution in [0.25, 0.3) is 0 Å². The van der Waals surface area contributed by atoms with Crippen LogP contribution in [0.3, 0.4) is 0 Å². The van der Waals surface area contributed by atoms with Crippen LogP contribution in [-0.2, 0) is 4.74 Å². The van der Waals surface area contributed by atoms with Crippen LogP contribution >= 0.6 is 0 Å². The minimum Gasteiger partial charge on any atom is -0.446 e. The molecule has 1 aliphatic rings. The molecule has 7 nitrogen and oxygen atoms in total. The molecule has 1 aromatic rings. The highest BCUT2D eigenvalue weighted by Gasteiger charge is 2.30. The van der Waals surface area contributed by atoms with Crippen LogP contribution < -0.4 is 11.1 Å². The van der Waals surface area contributed by atoms with Crippen molar-refractivity contribution >= 4 is 12.0 Å². The number of primary amides is 1. The number of nitrogens with one attached hydrogen (secondary N) is 1. The van der Waals surface area contributed by atoms with Crippen LogP contribution in [0.1, 0.15) is 41.7 Å². The normalized spacial score (nSPS) is 18.9. The third-order valence-corrected chi connectivity index (χ3v) is 4.10. The molecule has 0 bridgehead atoms. The number of carbonyl (C=O) groups is 2. The van der Waals surface area contributed by atoms with Gasteiger partial charge in [0.2, 0.25) is 5.91 Å². The van der Waals surface area contributed by atoms with Gasteiger partial charge in [0.05, 0.1) is 6.04 Å². The van der Waals surface area contributed by atoms with Crippen molar-refractivity contribution in [2.45, 2.75) is 31.9 Å². The van der Waals surface area contributed by atoms with Crippen LogP contribution in [0.4, 0.5) is 4.79 Å². The summed E-state index contributed by atoms with van der Waals surface area (Å²) >= 11 is 0. The van der Waals surface area contributed by atoms with E-state index >= 15 is 0 Å². The van der Waals surface area contributed by atoms with Crippen molar-refractivity contribution in [2.24, 2.45) is 5.73 Å². The van der Waals surface area contributed by atoms with E-state index in [1.165, 1.54) is 0 Å². The van der Waals surface area contributed by atoms with Gasteiger partial charge in [-0.05, 0) is 37.5 Å². The van der Waals surface area contributed by atoms with Gasteiger partial charge in [-0.1, -0.05) is 12.1 Å². The number of nitrogens with zero attached hydrogens (tertiary/aromatic N) is 1. The van der Waals surface area contributed by atoms with Crippen LogP contribution in [0.5, 0.6) is 0 Å². The Hall–Kier alpha value is -2.12. The zero-order valence-corrected chi connectivity index (χ0v) is 13.9. The molecule has 2 rings (SSSR count). The molecule has 132 valence electrons. The summed E-state index contributed by atoms with van der Waals surface area (Å²) in [5.74, 6) is -0.493. The second kappa shape index (κ2) is 8.65. The molecule has 1 fully saturated rings. The first-order valence-corrected chi connectivity index (χ1v) is 8.21. The maximum Gasteiger partial charge on any atom is 0.410 e. The van der Waals surface area contributed by atoms with Crippen molar-refractivity contribution in [1.29, 1.82) is 0 Å². The quantitative estimate of drug-likeness (QED) is 0.720. The van der Waals surface area contributed by atoms with Gasteiger partial charge in [0.15, 0.2) is 0 Å². The summed E-state index contributed by atoms with van der Waals surface area (Å²) in [6.07, 6.45) is 0.588. The lowest BCUT2D eigenvalue weighted by Gasteiger charge is -2.36. The Morgan fingerprint density at radius 3 is 3.00 bits per heavy atom. The number of aliphatic hydroxyl groups excluding tert-OH is 1. The first kappa shape index (κ1) is 18.2. The largest absolute Gasteiger partial charge is 0.446 e. The van der Waals surface area contributed by atoms with E-state index in [1.807, 2.05) is 13.0 Å². The fraction of sp³-hybridized carbons (Fsp3) is 0.529. The first-order chi connectivity index (χ1) is 11.5. The standard InChI is InChI=1S/C17H25N3O4/c1-12(4-3-9-21)24-17(23)20-8-7-19-11-15(20)13-5-2-6-14(10-13)16(18)22/h2,5-6,10,12,15,19,21H,3-4,7-9,11H2,1H3,(H2,18,22). The summed E-state index contributed by atoms with van der Waals surface area (Å²) in [6.45, 7) is 3.70. The van der Waals surface area contributed by atoms with E-state index in [1.54, 1.807) is 23.1 Å². The molecule has 4 N–H and O–H groups in total. The van der Waals surface area contributed by atoms with Crippen molar-refractivity contribution < 1.29 is 19.4 Å². The van der Waals surface area contributed by atoms with Crippen LogP contribution in [0.15, 0.2) is 24.3 Å². The Balaban J connectivity index is 2.11. The molecule has 2 atom stereocenters. The zero-order valence-electron chi connectivity index (χ0n) is 13.9. The highest BCUT2D eigenvalue weighted by Crippen LogP contribution is 2.24. The number of aliphatic hydroxyl groups is 1. The lowest BCUT2D eigenvalue weighted by Crippen LogP contribution is -2.49. The van der Waals surface area contributed by atoms with Gasteiger partial charge in [-0.25, -0.2) is 4.79 Å². The Bertz CT molecular complexity index is 579. The summed E-state index contributed by atoms with van der Waals surface area (Å²) in [7, 11) is 0. The molecule has 7 heteroatoms. The molecule has 1 aliphatic heterocycles. The van der Waals surface area contributed by atoms with Gasteiger partial charge in [-0.3, -0.25) is 9.69 Å². The van der Waals surface area contributed by atoms with Crippen molar-refractivity contribution in [3.8, 4) is 0 Å². The monoisotopic (exact) mass is 335 g/mol. The predicted octanol–water partition coefficient (Wildman–Crippen LogP) is 1.03. The molecular formula is C17H25N3O4. The lowest BCUT2D eigenvalue weighted by molar-refractivity contribution is 0.0453. The summed E-state index contributed by atoms with van der Waals surface area (Å²) in [6, 6.07) is 6.80. The number of piperazine rings is 1. The number of hydrogen-bond donors (Lipinski definition) is 3. The fourth-order valence-corrected chi connectivity index (χ4v) is 2.80. The number of ether oxygens (including phenoxy) is 1.